The van der Waals surface area contributed by atoms with Crippen molar-refractivity contribution in [3.05, 3.63) is 92.4 Å². The van der Waals surface area contributed by atoms with Crippen LogP contribution in [0.1, 0.15) is 23.6 Å². The number of nitro groups is 1. The number of alkyl halides is 6. The normalized spacial score (nSPS) is 15.0. The van der Waals surface area contributed by atoms with Gasteiger partial charge in [-0.25, -0.2) is 0 Å². The first-order valence-electron chi connectivity index (χ1n) is 11.4. The number of rotatable bonds is 7. The van der Waals surface area contributed by atoms with Crippen molar-refractivity contribution in [2.45, 2.75) is 19.3 Å². The predicted octanol–water partition coefficient (Wildman–Crippen LogP) is 8.23. The molecule has 15 heteroatoms. The number of anilines is 1. The van der Waals surface area contributed by atoms with Gasteiger partial charge in [0.2, 0.25) is 5.75 Å². The van der Waals surface area contributed by atoms with Crippen LogP contribution in [0.4, 0.5) is 37.7 Å². The zero-order valence-electron chi connectivity index (χ0n) is 20.6. The number of halogens is 6. The minimum Gasteiger partial charge on any atom is -0.490 e. The van der Waals surface area contributed by atoms with Gasteiger partial charge >= 0.3 is 18.0 Å². The Labute approximate surface area is 237 Å². The van der Waals surface area contributed by atoms with Crippen LogP contribution >= 0.6 is 24.0 Å². The number of thioether (sulfide) groups is 1. The number of hydrogen-bond acceptors (Lipinski definition) is 7. The standard InChI is InChI=1S/C26H16F6N2O5S2/c1-2-38-21-10-14(6-8-20(21)39-19-9-7-16(26(30,31)32)13-18(19)34(36)37)11-22-23(35)33(24(40)41-22)17-5-3-4-15(12-17)25(27,28)29/h3-13H,2H2,1H3/b22-11-. The Balaban J connectivity index is 1.64. The molecule has 3 aromatic rings. The van der Waals surface area contributed by atoms with Crippen LogP contribution in [0.5, 0.6) is 17.2 Å². The molecule has 0 aromatic heterocycles. The fraction of sp³-hybridized carbons (Fsp3) is 0.154. The highest BCUT2D eigenvalue weighted by Crippen LogP contribution is 2.42. The Bertz CT molecular complexity index is 1570. The van der Waals surface area contributed by atoms with Crippen LogP contribution in [0.25, 0.3) is 6.08 Å². The van der Waals surface area contributed by atoms with Crippen LogP contribution in [-0.2, 0) is 17.1 Å². The molecule has 1 heterocycles. The number of nitro benzene ring substituents is 1. The fourth-order valence-corrected chi connectivity index (χ4v) is 4.97. The van der Waals surface area contributed by atoms with E-state index in [0.717, 1.165) is 40.9 Å². The molecule has 1 amide bonds. The van der Waals surface area contributed by atoms with Crippen molar-refractivity contribution in [1.29, 1.82) is 0 Å². The van der Waals surface area contributed by atoms with Gasteiger partial charge in [-0.05, 0) is 61.0 Å². The lowest BCUT2D eigenvalue weighted by Crippen LogP contribution is -2.27. The van der Waals surface area contributed by atoms with Crippen LogP contribution in [0, 0.1) is 10.1 Å². The van der Waals surface area contributed by atoms with E-state index in [4.69, 9.17) is 21.7 Å². The summed E-state index contributed by atoms with van der Waals surface area (Å²) >= 11 is 6.10. The molecular weight excluding hydrogens is 598 g/mol. The van der Waals surface area contributed by atoms with Gasteiger partial charge < -0.3 is 9.47 Å². The smallest absolute Gasteiger partial charge is 0.416 e. The summed E-state index contributed by atoms with van der Waals surface area (Å²) in [7, 11) is 0. The lowest BCUT2D eigenvalue weighted by Gasteiger charge is -2.16. The predicted molar refractivity (Wildman–Crippen MR) is 143 cm³/mol. The van der Waals surface area contributed by atoms with Crippen LogP contribution < -0.4 is 14.4 Å². The molecule has 3 aromatic carbocycles. The molecule has 0 radical (unpaired) electrons. The molecule has 0 spiro atoms. The van der Waals surface area contributed by atoms with Crippen LogP contribution in [0.2, 0.25) is 0 Å². The van der Waals surface area contributed by atoms with Crippen molar-refractivity contribution in [3.8, 4) is 17.2 Å². The van der Waals surface area contributed by atoms with Gasteiger partial charge in [0.15, 0.2) is 15.8 Å². The lowest BCUT2D eigenvalue weighted by molar-refractivity contribution is -0.385. The number of benzene rings is 3. The molecule has 0 atom stereocenters. The summed E-state index contributed by atoms with van der Waals surface area (Å²) in [4.78, 5) is 24.6. The van der Waals surface area contributed by atoms with E-state index in [1.165, 1.54) is 30.3 Å². The number of carbonyl (C=O) groups is 1. The zero-order valence-corrected chi connectivity index (χ0v) is 22.2. The highest BCUT2D eigenvalue weighted by molar-refractivity contribution is 8.27. The van der Waals surface area contributed by atoms with Crippen LogP contribution in [0.3, 0.4) is 0 Å². The number of amides is 1. The van der Waals surface area contributed by atoms with Crippen molar-refractivity contribution < 1.29 is 45.5 Å². The van der Waals surface area contributed by atoms with E-state index < -0.39 is 45.7 Å². The Hall–Kier alpha value is -4.11. The van der Waals surface area contributed by atoms with Gasteiger partial charge in [0.05, 0.1) is 33.2 Å². The number of nitrogens with zero attached hydrogens (tertiary/aromatic N) is 2. The van der Waals surface area contributed by atoms with Crippen molar-refractivity contribution in [2.75, 3.05) is 11.5 Å². The van der Waals surface area contributed by atoms with Gasteiger partial charge in [0, 0.05) is 6.07 Å². The van der Waals surface area contributed by atoms with Crippen LogP contribution in [0.15, 0.2) is 65.6 Å². The summed E-state index contributed by atoms with van der Waals surface area (Å²) in [5.74, 6) is -1.11. The molecule has 1 fully saturated rings. The highest BCUT2D eigenvalue weighted by Gasteiger charge is 2.36. The SMILES string of the molecule is CCOc1cc(/C=C2\SC(=S)N(c3cccc(C(F)(F)F)c3)C2=O)ccc1Oc1ccc(C(F)(F)F)cc1[N+](=O)[O-]. The summed E-state index contributed by atoms with van der Waals surface area (Å²) in [6.07, 6.45) is -8.00. The van der Waals surface area contributed by atoms with Crippen molar-refractivity contribution >= 4 is 51.7 Å². The number of ether oxygens (including phenoxy) is 2. The molecule has 0 bridgehead atoms. The summed E-state index contributed by atoms with van der Waals surface area (Å²) in [5, 5.41) is 11.4. The molecule has 1 aliphatic heterocycles. The maximum absolute atomic E-state index is 13.2. The maximum atomic E-state index is 13.2. The minimum absolute atomic E-state index is 0.0140. The number of thiocarbonyl (C=S) groups is 1. The first-order valence-corrected chi connectivity index (χ1v) is 12.7. The van der Waals surface area contributed by atoms with E-state index in [9.17, 15) is 41.3 Å². The molecule has 0 unspecified atom stereocenters. The van der Waals surface area contributed by atoms with E-state index >= 15 is 0 Å². The lowest BCUT2D eigenvalue weighted by atomic mass is 10.1. The Morgan fingerprint density at radius 1 is 0.951 bits per heavy atom. The van der Waals surface area contributed by atoms with Gasteiger partial charge in [-0.3, -0.25) is 19.8 Å². The molecule has 0 aliphatic carbocycles. The summed E-state index contributed by atoms with van der Waals surface area (Å²) in [5.41, 5.74) is -2.75. The molecule has 214 valence electrons. The zero-order chi connectivity index (χ0) is 30.1. The van der Waals surface area contributed by atoms with Gasteiger partial charge in [-0.15, -0.1) is 0 Å². The second-order valence-electron chi connectivity index (χ2n) is 8.24. The monoisotopic (exact) mass is 614 g/mol. The summed E-state index contributed by atoms with van der Waals surface area (Å²) < 4.78 is 89.7. The van der Waals surface area contributed by atoms with E-state index in [-0.39, 0.29) is 33.0 Å². The second-order valence-corrected chi connectivity index (χ2v) is 9.92. The molecule has 41 heavy (non-hydrogen) atoms. The minimum atomic E-state index is -4.80. The van der Waals surface area contributed by atoms with Gasteiger partial charge in [-0.2, -0.15) is 26.3 Å². The summed E-state index contributed by atoms with van der Waals surface area (Å²) in [6.45, 7) is 1.75. The third-order valence-corrected chi connectivity index (χ3v) is 6.80. The van der Waals surface area contributed by atoms with Crippen molar-refractivity contribution in [1.82, 2.24) is 0 Å². The quantitative estimate of drug-likeness (QED) is 0.0872. The molecule has 1 aliphatic rings. The van der Waals surface area contributed by atoms with E-state index in [1.807, 2.05) is 0 Å². The first kappa shape index (κ1) is 29.9. The number of hydrogen-bond donors (Lipinski definition) is 0. The molecule has 1 saturated heterocycles. The third kappa shape index (κ3) is 6.62. The first-order chi connectivity index (χ1) is 19.2. The Kier molecular flexibility index (Phi) is 8.31. The van der Waals surface area contributed by atoms with Gasteiger partial charge in [0.1, 0.15) is 0 Å². The van der Waals surface area contributed by atoms with E-state index in [1.54, 1.807) is 6.92 Å². The van der Waals surface area contributed by atoms with Crippen molar-refractivity contribution in [2.24, 2.45) is 0 Å². The van der Waals surface area contributed by atoms with Gasteiger partial charge in [-0.1, -0.05) is 36.1 Å². The van der Waals surface area contributed by atoms with Crippen molar-refractivity contribution in [3.63, 3.8) is 0 Å². The third-order valence-electron chi connectivity index (χ3n) is 5.49. The molecule has 4 rings (SSSR count). The Morgan fingerprint density at radius 2 is 1.61 bits per heavy atom. The Morgan fingerprint density at radius 3 is 2.24 bits per heavy atom. The number of carbonyl (C=O) groups excluding carboxylic acids is 1. The fourth-order valence-electron chi connectivity index (χ4n) is 3.67. The second kappa shape index (κ2) is 11.4. The van der Waals surface area contributed by atoms with Gasteiger partial charge in [0.25, 0.3) is 5.91 Å². The molecule has 7 nitrogen and oxygen atoms in total. The van der Waals surface area contributed by atoms with Crippen LogP contribution in [-0.4, -0.2) is 21.8 Å². The highest BCUT2D eigenvalue weighted by atomic mass is 32.2. The average Bonchev–Trinajstić information content (AvgIpc) is 3.17. The maximum Gasteiger partial charge on any atom is 0.416 e. The average molecular weight is 615 g/mol. The summed E-state index contributed by atoms with van der Waals surface area (Å²) in [6, 6.07) is 10.2. The van der Waals surface area contributed by atoms with E-state index in [0.29, 0.717) is 17.7 Å². The van der Waals surface area contributed by atoms with E-state index in [2.05, 4.69) is 0 Å². The topological polar surface area (TPSA) is 81.9 Å². The largest absolute Gasteiger partial charge is 0.490 e. The molecular formula is C26H16F6N2O5S2. The molecule has 0 N–H and O–H groups in total. The molecule has 0 saturated carbocycles.